The standard InChI is InChI=1S/C11H14FNO3S/c1-6(4-14)5-17-10-2-7(11(15)16)9(13)3-8(10)12/h2-3,6,14H,4-5,13H2,1H3,(H,15,16). The van der Waals surface area contributed by atoms with Crippen LogP contribution in [-0.4, -0.2) is 28.5 Å². The first-order valence-corrected chi connectivity index (χ1v) is 6.00. The Kier molecular flexibility index (Phi) is 4.77. The van der Waals surface area contributed by atoms with E-state index in [0.717, 1.165) is 6.07 Å². The molecule has 1 rings (SSSR count). The molecule has 0 spiro atoms. The number of rotatable bonds is 5. The Morgan fingerprint density at radius 2 is 2.24 bits per heavy atom. The molecule has 0 fully saturated rings. The number of hydrogen-bond donors (Lipinski definition) is 3. The smallest absolute Gasteiger partial charge is 0.337 e. The van der Waals surface area contributed by atoms with E-state index >= 15 is 0 Å². The SMILES string of the molecule is CC(CO)CSc1cc(C(=O)O)c(N)cc1F. The van der Waals surface area contributed by atoms with Crippen molar-refractivity contribution in [3.8, 4) is 0 Å². The number of hydrogen-bond acceptors (Lipinski definition) is 4. The summed E-state index contributed by atoms with van der Waals surface area (Å²) in [6.07, 6.45) is 0. The summed E-state index contributed by atoms with van der Waals surface area (Å²) in [5.74, 6) is -1.19. The molecule has 1 aromatic rings. The van der Waals surface area contributed by atoms with Crippen molar-refractivity contribution in [2.75, 3.05) is 18.1 Å². The van der Waals surface area contributed by atoms with Crippen molar-refractivity contribution in [1.82, 2.24) is 0 Å². The van der Waals surface area contributed by atoms with E-state index in [1.165, 1.54) is 17.8 Å². The molecule has 1 aromatic carbocycles. The molecule has 0 heterocycles. The van der Waals surface area contributed by atoms with Gasteiger partial charge >= 0.3 is 5.97 Å². The second-order valence-electron chi connectivity index (χ2n) is 3.77. The number of anilines is 1. The second kappa shape index (κ2) is 5.88. The molecular formula is C11H14FNO3S. The zero-order valence-corrected chi connectivity index (χ0v) is 10.1. The van der Waals surface area contributed by atoms with Crippen LogP contribution in [0.2, 0.25) is 0 Å². The largest absolute Gasteiger partial charge is 0.478 e. The highest BCUT2D eigenvalue weighted by Crippen LogP contribution is 2.28. The molecular weight excluding hydrogens is 245 g/mol. The quantitative estimate of drug-likeness (QED) is 0.555. The molecule has 4 nitrogen and oxygen atoms in total. The number of aromatic carboxylic acids is 1. The van der Waals surface area contributed by atoms with Crippen LogP contribution < -0.4 is 5.73 Å². The molecule has 0 amide bonds. The van der Waals surface area contributed by atoms with E-state index < -0.39 is 11.8 Å². The van der Waals surface area contributed by atoms with Gasteiger partial charge in [0.05, 0.1) is 5.56 Å². The minimum atomic E-state index is -1.18. The van der Waals surface area contributed by atoms with Crippen LogP contribution in [0.15, 0.2) is 17.0 Å². The molecule has 0 bridgehead atoms. The van der Waals surface area contributed by atoms with E-state index in [9.17, 15) is 9.18 Å². The topological polar surface area (TPSA) is 83.5 Å². The van der Waals surface area contributed by atoms with Crippen LogP contribution in [0.1, 0.15) is 17.3 Å². The van der Waals surface area contributed by atoms with Gasteiger partial charge < -0.3 is 15.9 Å². The number of thioether (sulfide) groups is 1. The molecule has 0 aliphatic carbocycles. The fourth-order valence-electron chi connectivity index (χ4n) is 1.15. The van der Waals surface area contributed by atoms with Crippen LogP contribution in [-0.2, 0) is 0 Å². The van der Waals surface area contributed by atoms with Gasteiger partial charge in [-0.1, -0.05) is 6.92 Å². The monoisotopic (exact) mass is 259 g/mol. The van der Waals surface area contributed by atoms with Gasteiger partial charge in [-0.3, -0.25) is 0 Å². The van der Waals surface area contributed by atoms with Gasteiger partial charge in [-0.2, -0.15) is 0 Å². The lowest BCUT2D eigenvalue weighted by Crippen LogP contribution is -2.06. The summed E-state index contributed by atoms with van der Waals surface area (Å²) in [5.41, 5.74) is 5.21. The number of carbonyl (C=O) groups is 1. The van der Waals surface area contributed by atoms with E-state index in [0.29, 0.717) is 5.75 Å². The van der Waals surface area contributed by atoms with Crippen LogP contribution in [0.25, 0.3) is 0 Å². The third kappa shape index (κ3) is 3.61. The van der Waals surface area contributed by atoms with Crippen molar-refractivity contribution in [1.29, 1.82) is 0 Å². The fourth-order valence-corrected chi connectivity index (χ4v) is 2.12. The van der Waals surface area contributed by atoms with Gasteiger partial charge in [-0.15, -0.1) is 11.8 Å². The van der Waals surface area contributed by atoms with Crippen LogP contribution in [0.3, 0.4) is 0 Å². The van der Waals surface area contributed by atoms with E-state index in [-0.39, 0.29) is 28.7 Å². The molecule has 0 saturated carbocycles. The van der Waals surface area contributed by atoms with Crippen molar-refractivity contribution in [2.45, 2.75) is 11.8 Å². The van der Waals surface area contributed by atoms with E-state index in [2.05, 4.69) is 0 Å². The Labute approximate surface area is 103 Å². The van der Waals surface area contributed by atoms with E-state index in [1.54, 1.807) is 0 Å². The molecule has 94 valence electrons. The number of carboxylic acids is 1. The number of nitrogens with two attached hydrogens (primary N) is 1. The zero-order chi connectivity index (χ0) is 13.0. The van der Waals surface area contributed by atoms with Crippen molar-refractivity contribution < 1.29 is 19.4 Å². The Balaban J connectivity index is 2.92. The molecule has 1 unspecified atom stereocenters. The number of aliphatic hydroxyl groups is 1. The highest BCUT2D eigenvalue weighted by Gasteiger charge is 2.14. The Hall–Kier alpha value is -1.27. The average molecular weight is 259 g/mol. The van der Waals surface area contributed by atoms with Gasteiger partial charge in [-0.05, 0) is 18.1 Å². The molecule has 0 radical (unpaired) electrons. The Bertz CT molecular complexity index is 425. The van der Waals surface area contributed by atoms with Crippen LogP contribution in [0.5, 0.6) is 0 Å². The number of nitrogen functional groups attached to an aromatic ring is 1. The van der Waals surface area contributed by atoms with Crippen molar-refractivity contribution >= 4 is 23.4 Å². The van der Waals surface area contributed by atoms with Crippen LogP contribution in [0, 0.1) is 11.7 Å². The average Bonchev–Trinajstić information content (AvgIpc) is 2.26. The van der Waals surface area contributed by atoms with Gasteiger partial charge in [0.1, 0.15) is 5.82 Å². The first-order valence-electron chi connectivity index (χ1n) is 5.01. The molecule has 0 aromatic heterocycles. The third-order valence-electron chi connectivity index (χ3n) is 2.17. The minimum Gasteiger partial charge on any atom is -0.478 e. The zero-order valence-electron chi connectivity index (χ0n) is 9.31. The lowest BCUT2D eigenvalue weighted by molar-refractivity contribution is 0.0697. The van der Waals surface area contributed by atoms with Crippen LogP contribution in [0.4, 0.5) is 10.1 Å². The van der Waals surface area contributed by atoms with E-state index in [1.807, 2.05) is 6.92 Å². The maximum atomic E-state index is 13.5. The number of benzene rings is 1. The predicted octanol–water partition coefficient (Wildman–Crippen LogP) is 1.83. The summed E-state index contributed by atoms with van der Waals surface area (Å²) in [5, 5.41) is 17.7. The molecule has 0 saturated heterocycles. The summed E-state index contributed by atoms with van der Waals surface area (Å²) in [6, 6.07) is 2.23. The Morgan fingerprint density at radius 1 is 1.59 bits per heavy atom. The van der Waals surface area contributed by atoms with Gasteiger partial charge in [0.25, 0.3) is 0 Å². The van der Waals surface area contributed by atoms with Crippen molar-refractivity contribution in [2.24, 2.45) is 5.92 Å². The fraction of sp³-hybridized carbons (Fsp3) is 0.364. The summed E-state index contributed by atoms with van der Waals surface area (Å²) in [4.78, 5) is 11.1. The molecule has 6 heteroatoms. The maximum Gasteiger partial charge on any atom is 0.337 e. The maximum absolute atomic E-state index is 13.5. The predicted molar refractivity (Wildman–Crippen MR) is 64.7 cm³/mol. The molecule has 1 atom stereocenters. The molecule has 17 heavy (non-hydrogen) atoms. The summed E-state index contributed by atoms with van der Waals surface area (Å²) < 4.78 is 13.5. The highest BCUT2D eigenvalue weighted by molar-refractivity contribution is 7.99. The number of aliphatic hydroxyl groups excluding tert-OH is 1. The minimum absolute atomic E-state index is 0.00930. The first kappa shape index (κ1) is 13.8. The molecule has 4 N–H and O–H groups in total. The number of carboxylic acid groups (broad SMARTS) is 1. The van der Waals surface area contributed by atoms with Crippen molar-refractivity contribution in [3.05, 3.63) is 23.5 Å². The summed E-state index contributed by atoms with van der Waals surface area (Å²) >= 11 is 1.17. The van der Waals surface area contributed by atoms with Gasteiger partial charge in [0.2, 0.25) is 0 Å². The molecule has 0 aliphatic heterocycles. The number of halogens is 1. The van der Waals surface area contributed by atoms with E-state index in [4.69, 9.17) is 15.9 Å². The first-order chi connectivity index (χ1) is 7.95. The van der Waals surface area contributed by atoms with Gasteiger partial charge in [0.15, 0.2) is 0 Å². The lowest BCUT2D eigenvalue weighted by atomic mass is 10.2. The summed E-state index contributed by atoms with van der Waals surface area (Å²) in [7, 11) is 0. The Morgan fingerprint density at radius 3 is 2.76 bits per heavy atom. The lowest BCUT2D eigenvalue weighted by Gasteiger charge is -2.09. The summed E-state index contributed by atoms with van der Waals surface area (Å²) in [6.45, 7) is 1.83. The third-order valence-corrected chi connectivity index (χ3v) is 3.53. The van der Waals surface area contributed by atoms with Gasteiger partial charge in [0, 0.05) is 22.9 Å². The van der Waals surface area contributed by atoms with Gasteiger partial charge in [-0.25, -0.2) is 9.18 Å². The normalized spacial score (nSPS) is 12.4. The molecule has 0 aliphatic rings. The van der Waals surface area contributed by atoms with Crippen molar-refractivity contribution in [3.63, 3.8) is 0 Å². The highest BCUT2D eigenvalue weighted by atomic mass is 32.2. The second-order valence-corrected chi connectivity index (χ2v) is 4.84. The van der Waals surface area contributed by atoms with Crippen LogP contribution >= 0.6 is 11.8 Å².